The lowest BCUT2D eigenvalue weighted by molar-refractivity contribution is 0.617. The lowest BCUT2D eigenvalue weighted by Crippen LogP contribution is -2.00. The SMILES string of the molecule is CC(CCl)CSCc1cc(Br)ccc1F. The molecule has 0 radical (unpaired) electrons. The van der Waals surface area contributed by atoms with E-state index >= 15 is 0 Å². The third-order valence-electron chi connectivity index (χ3n) is 1.93. The quantitative estimate of drug-likeness (QED) is 0.711. The van der Waals surface area contributed by atoms with Crippen molar-refractivity contribution < 1.29 is 4.39 Å². The number of hydrogen-bond donors (Lipinski definition) is 0. The summed E-state index contributed by atoms with van der Waals surface area (Å²) in [5.74, 6) is 2.67. The molecule has 1 unspecified atom stereocenters. The van der Waals surface area contributed by atoms with Crippen molar-refractivity contribution >= 4 is 39.3 Å². The molecule has 15 heavy (non-hydrogen) atoms. The van der Waals surface area contributed by atoms with Crippen LogP contribution in [0.4, 0.5) is 4.39 Å². The highest BCUT2D eigenvalue weighted by molar-refractivity contribution is 9.10. The van der Waals surface area contributed by atoms with Gasteiger partial charge in [-0.2, -0.15) is 11.8 Å². The van der Waals surface area contributed by atoms with Gasteiger partial charge in [0.25, 0.3) is 0 Å². The molecule has 0 saturated heterocycles. The Kier molecular flexibility index (Phi) is 6.02. The maximum Gasteiger partial charge on any atom is 0.127 e. The molecule has 0 spiro atoms. The zero-order valence-corrected chi connectivity index (χ0v) is 11.6. The van der Waals surface area contributed by atoms with Gasteiger partial charge in [-0.25, -0.2) is 4.39 Å². The fourth-order valence-electron chi connectivity index (χ4n) is 1.07. The third-order valence-corrected chi connectivity index (χ3v) is 4.27. The summed E-state index contributed by atoms with van der Waals surface area (Å²) >= 11 is 10.7. The van der Waals surface area contributed by atoms with Crippen LogP contribution in [-0.4, -0.2) is 11.6 Å². The van der Waals surface area contributed by atoms with E-state index in [1.54, 1.807) is 17.8 Å². The molecule has 1 atom stereocenters. The van der Waals surface area contributed by atoms with E-state index in [1.165, 1.54) is 6.07 Å². The number of hydrogen-bond acceptors (Lipinski definition) is 1. The van der Waals surface area contributed by atoms with Gasteiger partial charge in [-0.1, -0.05) is 22.9 Å². The van der Waals surface area contributed by atoms with E-state index < -0.39 is 0 Å². The molecule has 0 nitrogen and oxygen atoms in total. The molecule has 0 saturated carbocycles. The predicted octanol–water partition coefficient (Wildman–Crippen LogP) is 4.70. The van der Waals surface area contributed by atoms with Crippen molar-refractivity contribution in [3.05, 3.63) is 34.1 Å². The van der Waals surface area contributed by atoms with Gasteiger partial charge in [-0.15, -0.1) is 11.6 Å². The molecule has 0 amide bonds. The molecule has 0 aromatic heterocycles. The minimum absolute atomic E-state index is 0.135. The maximum absolute atomic E-state index is 13.3. The van der Waals surface area contributed by atoms with Crippen LogP contribution in [0.15, 0.2) is 22.7 Å². The van der Waals surface area contributed by atoms with Gasteiger partial charge in [-0.05, 0) is 35.4 Å². The van der Waals surface area contributed by atoms with Crippen molar-refractivity contribution in [2.45, 2.75) is 12.7 Å². The fourth-order valence-corrected chi connectivity index (χ4v) is 2.79. The Morgan fingerprint density at radius 1 is 1.53 bits per heavy atom. The largest absolute Gasteiger partial charge is 0.207 e. The first-order chi connectivity index (χ1) is 7.13. The second-order valence-electron chi connectivity index (χ2n) is 3.51. The monoisotopic (exact) mass is 310 g/mol. The van der Waals surface area contributed by atoms with E-state index in [0.717, 1.165) is 15.8 Å². The van der Waals surface area contributed by atoms with Crippen molar-refractivity contribution in [2.75, 3.05) is 11.6 Å². The van der Waals surface area contributed by atoms with Gasteiger partial charge in [0.1, 0.15) is 5.82 Å². The molecule has 0 aliphatic rings. The van der Waals surface area contributed by atoms with E-state index in [-0.39, 0.29) is 5.82 Å². The van der Waals surface area contributed by atoms with Crippen LogP contribution in [0.1, 0.15) is 12.5 Å². The topological polar surface area (TPSA) is 0 Å². The van der Waals surface area contributed by atoms with Gasteiger partial charge in [-0.3, -0.25) is 0 Å². The summed E-state index contributed by atoms with van der Waals surface area (Å²) in [6, 6.07) is 5.03. The Labute approximate surface area is 108 Å². The van der Waals surface area contributed by atoms with Crippen molar-refractivity contribution in [2.24, 2.45) is 5.92 Å². The highest BCUT2D eigenvalue weighted by atomic mass is 79.9. The number of rotatable bonds is 5. The van der Waals surface area contributed by atoms with Crippen LogP contribution in [0.5, 0.6) is 0 Å². The molecule has 0 heterocycles. The van der Waals surface area contributed by atoms with Crippen LogP contribution in [0.3, 0.4) is 0 Å². The molecule has 1 aromatic rings. The normalized spacial score (nSPS) is 12.8. The summed E-state index contributed by atoms with van der Waals surface area (Å²) < 4.78 is 14.2. The van der Waals surface area contributed by atoms with Gasteiger partial charge in [0, 0.05) is 16.1 Å². The van der Waals surface area contributed by atoms with E-state index in [4.69, 9.17) is 11.6 Å². The van der Waals surface area contributed by atoms with Gasteiger partial charge >= 0.3 is 0 Å². The summed E-state index contributed by atoms with van der Waals surface area (Å²) in [6.07, 6.45) is 0. The van der Waals surface area contributed by atoms with Crippen molar-refractivity contribution in [1.82, 2.24) is 0 Å². The summed E-state index contributed by atoms with van der Waals surface area (Å²) in [5, 5.41) is 0. The molecule has 0 aliphatic heterocycles. The second-order valence-corrected chi connectivity index (χ2v) is 5.76. The standard InChI is InChI=1S/C11H13BrClFS/c1-8(5-13)6-15-7-9-4-10(12)2-3-11(9)14/h2-4,8H,5-7H2,1H3. The predicted molar refractivity (Wildman–Crippen MR) is 70.1 cm³/mol. The first-order valence-corrected chi connectivity index (χ1v) is 7.19. The summed E-state index contributed by atoms with van der Waals surface area (Å²) in [4.78, 5) is 0. The molecule has 0 bridgehead atoms. The number of alkyl halides is 1. The van der Waals surface area contributed by atoms with Crippen LogP contribution >= 0.6 is 39.3 Å². The zero-order chi connectivity index (χ0) is 11.3. The lowest BCUT2D eigenvalue weighted by Gasteiger charge is -2.07. The minimum atomic E-state index is -0.135. The van der Waals surface area contributed by atoms with Crippen LogP contribution in [0.25, 0.3) is 0 Å². The molecule has 0 fully saturated rings. The molecular weight excluding hydrogens is 299 g/mol. The zero-order valence-electron chi connectivity index (χ0n) is 8.47. The molecule has 0 N–H and O–H groups in total. The maximum atomic E-state index is 13.3. The average Bonchev–Trinajstić information content (AvgIpc) is 2.23. The van der Waals surface area contributed by atoms with Gasteiger partial charge < -0.3 is 0 Å². The van der Waals surface area contributed by atoms with Gasteiger partial charge in [0.2, 0.25) is 0 Å². The highest BCUT2D eigenvalue weighted by Gasteiger charge is 2.05. The van der Waals surface area contributed by atoms with Crippen molar-refractivity contribution in [3.8, 4) is 0 Å². The van der Waals surface area contributed by atoms with Crippen LogP contribution in [0.2, 0.25) is 0 Å². The molecule has 4 heteroatoms. The summed E-state index contributed by atoms with van der Waals surface area (Å²) in [6.45, 7) is 2.09. The Bertz CT molecular complexity index is 319. The summed E-state index contributed by atoms with van der Waals surface area (Å²) in [7, 11) is 0. The van der Waals surface area contributed by atoms with Gasteiger partial charge in [0.15, 0.2) is 0 Å². The first-order valence-electron chi connectivity index (χ1n) is 4.71. The van der Waals surface area contributed by atoms with E-state index in [0.29, 0.717) is 17.6 Å². The van der Waals surface area contributed by atoms with Gasteiger partial charge in [0.05, 0.1) is 0 Å². The third kappa shape index (κ3) is 4.75. The molecule has 1 aromatic carbocycles. The second kappa shape index (κ2) is 6.77. The van der Waals surface area contributed by atoms with Crippen LogP contribution < -0.4 is 0 Å². The average molecular weight is 312 g/mol. The highest BCUT2D eigenvalue weighted by Crippen LogP contribution is 2.21. The first kappa shape index (κ1) is 13.3. The number of halogens is 3. The van der Waals surface area contributed by atoms with Crippen LogP contribution in [-0.2, 0) is 5.75 Å². The smallest absolute Gasteiger partial charge is 0.127 e. The molecular formula is C11H13BrClFS. The summed E-state index contributed by atoms with van der Waals surface area (Å²) in [5.41, 5.74) is 0.746. The Morgan fingerprint density at radius 3 is 2.93 bits per heavy atom. The minimum Gasteiger partial charge on any atom is -0.207 e. The fraction of sp³-hybridized carbons (Fsp3) is 0.455. The van der Waals surface area contributed by atoms with Crippen LogP contribution in [0, 0.1) is 11.7 Å². The molecule has 84 valence electrons. The van der Waals surface area contributed by atoms with Crippen molar-refractivity contribution in [1.29, 1.82) is 0 Å². The van der Waals surface area contributed by atoms with E-state index in [9.17, 15) is 4.39 Å². The van der Waals surface area contributed by atoms with Crippen molar-refractivity contribution in [3.63, 3.8) is 0 Å². The Hall–Kier alpha value is 0.270. The lowest BCUT2D eigenvalue weighted by atomic mass is 10.2. The molecule has 1 rings (SSSR count). The number of thioether (sulfide) groups is 1. The van der Waals surface area contributed by atoms with E-state index in [2.05, 4.69) is 22.9 Å². The number of benzene rings is 1. The Morgan fingerprint density at radius 2 is 2.27 bits per heavy atom. The molecule has 0 aliphatic carbocycles. The van der Waals surface area contributed by atoms with E-state index in [1.807, 2.05) is 6.07 Å². The Balaban J connectivity index is 2.46.